The van der Waals surface area contributed by atoms with Crippen LogP contribution in [0.5, 0.6) is 0 Å². The quantitative estimate of drug-likeness (QED) is 0.157. The number of benzene rings is 16. The minimum absolute atomic E-state index is 0.495. The van der Waals surface area contributed by atoms with Gasteiger partial charge in [-0.05, 0) is 235 Å². The maximum absolute atomic E-state index is 2.49. The third-order valence-corrected chi connectivity index (χ3v) is 21.6. The lowest BCUT2D eigenvalue weighted by Gasteiger charge is -2.32. The molecule has 2 spiro atoms. The molecule has 0 bridgehead atoms. The van der Waals surface area contributed by atoms with Gasteiger partial charge in [-0.1, -0.05) is 261 Å². The first kappa shape index (κ1) is 52.9. The number of anilines is 6. The molecule has 0 saturated heterocycles. The van der Waals surface area contributed by atoms with Gasteiger partial charge in [0.15, 0.2) is 0 Å². The standard InChI is InChI=1S/C92H60N2/c1-57-22-19-28-64(54-57)93(62-24-5-3-6-25-62)65-45-49-69-60(55-65)43-48-79-88-77-36-20-35-71(72(77)51-53-85(88)92(90(69)79)82-39-17-13-32-75(82)76-33-14-18-40-83(76)92)67-34-21-41-86(58(67)2)94(63-26-7-4-8-27-63)66-46-50-70-61(56-66)42-47-78-87-68-29-10-9-23-59(68)44-52-84(87)91(89(70)78)80-37-15-11-30-73(80)74-31-12-16-38-81(74)91/h3-56H,1-2H3. The van der Waals surface area contributed by atoms with E-state index < -0.39 is 10.8 Å². The molecule has 94 heavy (non-hydrogen) atoms. The van der Waals surface area contributed by atoms with E-state index in [1.807, 2.05) is 0 Å². The number of rotatable bonds is 7. The van der Waals surface area contributed by atoms with Gasteiger partial charge in [-0.25, -0.2) is 0 Å². The van der Waals surface area contributed by atoms with Crippen molar-refractivity contribution in [1.29, 1.82) is 0 Å². The Kier molecular flexibility index (Phi) is 11.2. The molecule has 2 nitrogen and oxygen atoms in total. The van der Waals surface area contributed by atoms with Gasteiger partial charge < -0.3 is 9.80 Å². The van der Waals surface area contributed by atoms with Crippen LogP contribution in [0.15, 0.2) is 328 Å². The van der Waals surface area contributed by atoms with Crippen LogP contribution in [-0.4, -0.2) is 0 Å². The summed E-state index contributed by atoms with van der Waals surface area (Å²) in [6.07, 6.45) is 0. The topological polar surface area (TPSA) is 6.48 Å². The van der Waals surface area contributed by atoms with Gasteiger partial charge in [-0.3, -0.25) is 0 Å². The molecule has 0 fully saturated rings. The van der Waals surface area contributed by atoms with Crippen LogP contribution in [0.1, 0.15) is 55.6 Å². The lowest BCUT2D eigenvalue weighted by molar-refractivity contribution is 0.802. The highest BCUT2D eigenvalue weighted by Crippen LogP contribution is 2.67. The first-order valence-electron chi connectivity index (χ1n) is 33.0. The minimum Gasteiger partial charge on any atom is -0.310 e. The average molecular weight is 1190 g/mol. The van der Waals surface area contributed by atoms with Crippen molar-refractivity contribution in [1.82, 2.24) is 0 Å². The summed E-state index contributed by atoms with van der Waals surface area (Å²) in [5, 5.41) is 10.0. The fraction of sp³-hybridized carbons (Fsp3) is 0.0435. The molecule has 2 heteroatoms. The molecule has 438 valence electrons. The van der Waals surface area contributed by atoms with Crippen LogP contribution < -0.4 is 9.80 Å². The smallest absolute Gasteiger partial charge is 0.0731 e. The molecule has 20 rings (SSSR count). The van der Waals surface area contributed by atoms with Gasteiger partial charge in [0.2, 0.25) is 0 Å². The van der Waals surface area contributed by atoms with E-state index in [0.29, 0.717) is 0 Å². The van der Waals surface area contributed by atoms with Crippen LogP contribution in [0.3, 0.4) is 0 Å². The third kappa shape index (κ3) is 7.04. The Hall–Kier alpha value is -11.8. The molecule has 0 amide bonds. The molecular weight excluding hydrogens is 1130 g/mol. The molecule has 16 aromatic rings. The number of nitrogens with zero attached hydrogens (tertiary/aromatic N) is 2. The predicted molar refractivity (Wildman–Crippen MR) is 393 cm³/mol. The second-order valence-corrected chi connectivity index (χ2v) is 26.2. The third-order valence-electron chi connectivity index (χ3n) is 21.6. The molecule has 4 aliphatic rings. The molecule has 4 aliphatic carbocycles. The number of aryl methyl sites for hydroxylation is 1. The zero-order valence-corrected chi connectivity index (χ0v) is 52.1. The first-order valence-corrected chi connectivity index (χ1v) is 33.0. The van der Waals surface area contributed by atoms with Crippen molar-refractivity contribution in [2.45, 2.75) is 24.7 Å². The van der Waals surface area contributed by atoms with Crippen LogP contribution >= 0.6 is 0 Å². The van der Waals surface area contributed by atoms with E-state index in [1.165, 1.54) is 154 Å². The van der Waals surface area contributed by atoms with Crippen LogP contribution in [-0.2, 0) is 10.8 Å². The Morgan fingerprint density at radius 3 is 1.22 bits per heavy atom. The summed E-state index contributed by atoms with van der Waals surface area (Å²) in [5.41, 5.74) is 31.8. The maximum atomic E-state index is 2.49. The highest BCUT2D eigenvalue weighted by atomic mass is 15.1. The van der Waals surface area contributed by atoms with Gasteiger partial charge in [0, 0.05) is 34.1 Å². The van der Waals surface area contributed by atoms with E-state index in [4.69, 9.17) is 0 Å². The van der Waals surface area contributed by atoms with Crippen LogP contribution in [0.2, 0.25) is 0 Å². The Morgan fingerprint density at radius 2 is 0.638 bits per heavy atom. The molecule has 0 heterocycles. The molecule has 0 aromatic heterocycles. The monoisotopic (exact) mass is 1190 g/mol. The summed E-state index contributed by atoms with van der Waals surface area (Å²) >= 11 is 0. The van der Waals surface area contributed by atoms with Gasteiger partial charge in [0.25, 0.3) is 0 Å². The highest BCUT2D eigenvalue weighted by molar-refractivity contribution is 6.15. The van der Waals surface area contributed by atoms with Crippen molar-refractivity contribution >= 4 is 77.2 Å². The summed E-state index contributed by atoms with van der Waals surface area (Å²) in [4.78, 5) is 4.88. The molecular formula is C92H60N2. The van der Waals surface area contributed by atoms with Crippen LogP contribution in [0, 0.1) is 13.8 Å². The normalized spacial score (nSPS) is 13.6. The van der Waals surface area contributed by atoms with E-state index in [2.05, 4.69) is 351 Å². The van der Waals surface area contributed by atoms with E-state index >= 15 is 0 Å². The Labute approximate surface area is 547 Å². The summed E-state index contributed by atoms with van der Waals surface area (Å²) < 4.78 is 0. The molecule has 0 unspecified atom stereocenters. The molecule has 0 saturated carbocycles. The van der Waals surface area contributed by atoms with E-state index in [-0.39, 0.29) is 0 Å². The van der Waals surface area contributed by atoms with Crippen molar-refractivity contribution in [3.63, 3.8) is 0 Å². The van der Waals surface area contributed by atoms with Crippen molar-refractivity contribution in [2.75, 3.05) is 9.80 Å². The van der Waals surface area contributed by atoms with Gasteiger partial charge in [0.05, 0.1) is 10.8 Å². The van der Waals surface area contributed by atoms with Gasteiger partial charge in [0.1, 0.15) is 0 Å². The molecule has 0 N–H and O–H groups in total. The Morgan fingerprint density at radius 1 is 0.223 bits per heavy atom. The van der Waals surface area contributed by atoms with E-state index in [0.717, 1.165) is 34.1 Å². The minimum atomic E-state index is -0.560. The van der Waals surface area contributed by atoms with Crippen molar-refractivity contribution in [3.05, 3.63) is 383 Å². The van der Waals surface area contributed by atoms with E-state index in [9.17, 15) is 0 Å². The number of fused-ring (bicyclic) bond motifs is 28. The summed E-state index contributed by atoms with van der Waals surface area (Å²) in [7, 11) is 0. The van der Waals surface area contributed by atoms with Gasteiger partial charge in [-0.2, -0.15) is 0 Å². The zero-order valence-electron chi connectivity index (χ0n) is 52.1. The van der Waals surface area contributed by atoms with Crippen LogP contribution in [0.25, 0.3) is 98.7 Å². The molecule has 0 aliphatic heterocycles. The van der Waals surface area contributed by atoms with Crippen molar-refractivity contribution in [3.8, 4) is 55.6 Å². The number of hydrogen-bond acceptors (Lipinski definition) is 2. The van der Waals surface area contributed by atoms with Crippen molar-refractivity contribution in [2.24, 2.45) is 0 Å². The average Bonchev–Trinajstić information content (AvgIpc) is 1.50. The van der Waals surface area contributed by atoms with Crippen LogP contribution in [0.4, 0.5) is 34.1 Å². The fourth-order valence-corrected chi connectivity index (χ4v) is 18.0. The number of para-hydroxylation sites is 2. The first-order chi connectivity index (χ1) is 46.5. The Balaban J connectivity index is 0.766. The molecule has 16 aromatic carbocycles. The van der Waals surface area contributed by atoms with Gasteiger partial charge >= 0.3 is 0 Å². The summed E-state index contributed by atoms with van der Waals surface area (Å²) in [5.74, 6) is 0. The zero-order chi connectivity index (χ0) is 62.0. The number of hydrogen-bond donors (Lipinski definition) is 0. The lowest BCUT2D eigenvalue weighted by Crippen LogP contribution is -2.26. The van der Waals surface area contributed by atoms with Gasteiger partial charge in [-0.15, -0.1) is 0 Å². The largest absolute Gasteiger partial charge is 0.310 e. The lowest BCUT2D eigenvalue weighted by atomic mass is 9.69. The fourth-order valence-electron chi connectivity index (χ4n) is 18.0. The summed E-state index contributed by atoms with van der Waals surface area (Å²) in [6, 6.07) is 124. The summed E-state index contributed by atoms with van der Waals surface area (Å²) in [6.45, 7) is 4.50. The van der Waals surface area contributed by atoms with Crippen molar-refractivity contribution < 1.29 is 0 Å². The maximum Gasteiger partial charge on any atom is 0.0731 e. The molecule has 0 radical (unpaired) electrons. The highest BCUT2D eigenvalue weighted by Gasteiger charge is 2.54. The second-order valence-electron chi connectivity index (χ2n) is 26.2. The second kappa shape index (κ2) is 19.8. The SMILES string of the molecule is Cc1cccc(N(c2ccccc2)c2ccc3c4c(ccc3c2)-c2c(ccc3c(-c5cccc(N(c6ccccc6)c6ccc7c8c(ccc7c6)-c6c(ccc7ccccc67)C86c7ccccc7-c7ccccc76)c5C)cccc23)C42c3ccccc3-c3ccccc32)c1. The van der Waals surface area contributed by atoms with E-state index in [1.54, 1.807) is 0 Å². The Bertz CT molecular complexity index is 5820. The predicted octanol–water partition coefficient (Wildman–Crippen LogP) is 24.2. The molecule has 0 atom stereocenters.